The van der Waals surface area contributed by atoms with Gasteiger partial charge in [-0.25, -0.2) is 5.06 Å². The van der Waals surface area contributed by atoms with Crippen LogP contribution in [-0.2, 0) is 27.5 Å². The summed E-state index contributed by atoms with van der Waals surface area (Å²) in [7, 11) is 0. The molecule has 168 valence electrons. The van der Waals surface area contributed by atoms with E-state index >= 15 is 0 Å². The lowest BCUT2D eigenvalue weighted by Gasteiger charge is -2.24. The van der Waals surface area contributed by atoms with E-state index in [9.17, 15) is 14.7 Å². The molecule has 0 bridgehead atoms. The second-order valence-electron chi connectivity index (χ2n) is 7.71. The molecule has 0 spiro atoms. The molecule has 2 aromatic rings. The molecule has 31 heavy (non-hydrogen) atoms. The van der Waals surface area contributed by atoms with Gasteiger partial charge in [-0.3, -0.25) is 14.4 Å². The van der Waals surface area contributed by atoms with Gasteiger partial charge in [0.25, 0.3) is 0 Å². The van der Waals surface area contributed by atoms with E-state index in [0.717, 1.165) is 11.1 Å². The molecule has 2 rings (SSSR count). The molecule has 6 nitrogen and oxygen atoms in total. The van der Waals surface area contributed by atoms with Gasteiger partial charge >= 0.3 is 0 Å². The van der Waals surface area contributed by atoms with Crippen LogP contribution in [0, 0.1) is 5.92 Å². The first-order valence-electron chi connectivity index (χ1n) is 10.9. The Morgan fingerprint density at radius 3 is 2.06 bits per heavy atom. The van der Waals surface area contributed by atoms with Gasteiger partial charge in [0.1, 0.15) is 0 Å². The first kappa shape index (κ1) is 24.6. The molecule has 1 N–H and O–H groups in total. The number of aliphatic hydroxyl groups excluding tert-OH is 1. The van der Waals surface area contributed by atoms with Gasteiger partial charge in [0.2, 0.25) is 11.8 Å². The average molecular weight is 427 g/mol. The Bertz CT molecular complexity index is 783. The molecular formula is C25H34N2O4. The lowest BCUT2D eigenvalue weighted by molar-refractivity contribution is -0.189. The predicted octanol–water partition coefficient (Wildman–Crippen LogP) is 3.79. The molecule has 0 radical (unpaired) electrons. The van der Waals surface area contributed by atoms with Gasteiger partial charge in [0.05, 0.1) is 19.8 Å². The van der Waals surface area contributed by atoms with Crippen LogP contribution in [0.25, 0.3) is 0 Å². The molecule has 6 heteroatoms. The molecular weight excluding hydrogens is 392 g/mol. The average Bonchev–Trinajstić information content (AvgIpc) is 2.78. The van der Waals surface area contributed by atoms with E-state index in [2.05, 4.69) is 0 Å². The fourth-order valence-corrected chi connectivity index (χ4v) is 3.36. The highest BCUT2D eigenvalue weighted by molar-refractivity contribution is 5.77. The standard InChI is InChI=1S/C25H34N2O4/c1-3-31-27(20-23-12-8-5-9-13-23)25(30)18-21(2)14-15-24(29)26(16-17-28)19-22-10-6-4-7-11-22/h4-13,21,28H,3,14-20H2,1-2H3. The molecule has 0 aliphatic rings. The molecule has 2 aromatic carbocycles. The monoisotopic (exact) mass is 426 g/mol. The maximum Gasteiger partial charge on any atom is 0.246 e. The van der Waals surface area contributed by atoms with Crippen LogP contribution in [0.15, 0.2) is 60.7 Å². The minimum absolute atomic E-state index is 0.0110. The SMILES string of the molecule is CCON(Cc1ccccc1)C(=O)CC(C)CCC(=O)N(CCO)Cc1ccccc1. The van der Waals surface area contributed by atoms with Crippen molar-refractivity contribution in [2.45, 2.75) is 46.2 Å². The summed E-state index contributed by atoms with van der Waals surface area (Å²) >= 11 is 0. The molecule has 1 atom stereocenters. The van der Waals surface area contributed by atoms with Gasteiger partial charge in [0, 0.05) is 25.9 Å². The van der Waals surface area contributed by atoms with Crippen molar-refractivity contribution in [1.29, 1.82) is 0 Å². The summed E-state index contributed by atoms with van der Waals surface area (Å²) in [6, 6.07) is 19.5. The summed E-state index contributed by atoms with van der Waals surface area (Å²) < 4.78 is 0. The smallest absolute Gasteiger partial charge is 0.246 e. The quantitative estimate of drug-likeness (QED) is 0.495. The molecule has 0 aliphatic heterocycles. The highest BCUT2D eigenvalue weighted by Gasteiger charge is 2.20. The van der Waals surface area contributed by atoms with Crippen LogP contribution < -0.4 is 0 Å². The third-order valence-electron chi connectivity index (χ3n) is 5.05. The van der Waals surface area contributed by atoms with Crippen molar-refractivity contribution in [2.24, 2.45) is 5.92 Å². The fraction of sp³-hybridized carbons (Fsp3) is 0.440. The maximum absolute atomic E-state index is 12.7. The van der Waals surface area contributed by atoms with Gasteiger partial charge in [0.15, 0.2) is 0 Å². The first-order chi connectivity index (χ1) is 15.0. The zero-order valence-corrected chi connectivity index (χ0v) is 18.6. The highest BCUT2D eigenvalue weighted by atomic mass is 16.7. The summed E-state index contributed by atoms with van der Waals surface area (Å²) in [5, 5.41) is 10.8. The summed E-state index contributed by atoms with van der Waals surface area (Å²) in [5.74, 6) is -0.0480. The number of benzene rings is 2. The number of hydroxylamine groups is 2. The minimum atomic E-state index is -0.0813. The number of amides is 2. The van der Waals surface area contributed by atoms with E-state index < -0.39 is 0 Å². The lowest BCUT2D eigenvalue weighted by atomic mass is 10.0. The van der Waals surface area contributed by atoms with Gasteiger partial charge in [-0.1, -0.05) is 67.6 Å². The summed E-state index contributed by atoms with van der Waals surface area (Å²) in [6.07, 6.45) is 1.26. The molecule has 0 fully saturated rings. The fourth-order valence-electron chi connectivity index (χ4n) is 3.36. The van der Waals surface area contributed by atoms with Crippen LogP contribution in [0.3, 0.4) is 0 Å². The topological polar surface area (TPSA) is 70.1 Å². The van der Waals surface area contributed by atoms with E-state index in [-0.39, 0.29) is 24.3 Å². The Kier molecular flexibility index (Phi) is 10.8. The van der Waals surface area contributed by atoms with E-state index in [1.54, 1.807) is 4.90 Å². The molecule has 0 aromatic heterocycles. The zero-order valence-electron chi connectivity index (χ0n) is 18.6. The van der Waals surface area contributed by atoms with E-state index in [4.69, 9.17) is 4.84 Å². The number of rotatable bonds is 13. The predicted molar refractivity (Wildman–Crippen MR) is 121 cm³/mol. The van der Waals surface area contributed by atoms with E-state index in [1.807, 2.05) is 74.5 Å². The Balaban J connectivity index is 1.85. The van der Waals surface area contributed by atoms with Crippen LogP contribution in [0.4, 0.5) is 0 Å². The molecule has 1 unspecified atom stereocenters. The molecule has 0 heterocycles. The van der Waals surface area contributed by atoms with Crippen LogP contribution >= 0.6 is 0 Å². The Morgan fingerprint density at radius 2 is 1.52 bits per heavy atom. The summed E-state index contributed by atoms with van der Waals surface area (Å²) in [6.45, 7) is 5.36. The van der Waals surface area contributed by atoms with Crippen molar-refractivity contribution in [2.75, 3.05) is 19.8 Å². The molecule has 2 amide bonds. The summed E-state index contributed by atoms with van der Waals surface area (Å²) in [4.78, 5) is 32.7. The number of hydrogen-bond donors (Lipinski definition) is 1. The van der Waals surface area contributed by atoms with Crippen molar-refractivity contribution < 1.29 is 19.5 Å². The van der Waals surface area contributed by atoms with Crippen molar-refractivity contribution in [3.8, 4) is 0 Å². The highest BCUT2D eigenvalue weighted by Crippen LogP contribution is 2.16. The molecule has 0 saturated heterocycles. The van der Waals surface area contributed by atoms with Crippen molar-refractivity contribution in [1.82, 2.24) is 9.96 Å². The van der Waals surface area contributed by atoms with Gasteiger partial charge < -0.3 is 10.0 Å². The molecule has 0 aliphatic carbocycles. The third-order valence-corrected chi connectivity index (χ3v) is 5.05. The zero-order chi connectivity index (χ0) is 22.5. The number of hydrogen-bond acceptors (Lipinski definition) is 4. The van der Waals surface area contributed by atoms with Crippen molar-refractivity contribution in [3.05, 3.63) is 71.8 Å². The first-order valence-corrected chi connectivity index (χ1v) is 10.9. The van der Waals surface area contributed by atoms with Crippen LogP contribution in [0.1, 0.15) is 44.2 Å². The number of aliphatic hydroxyl groups is 1. The van der Waals surface area contributed by atoms with Crippen molar-refractivity contribution >= 4 is 11.8 Å². The molecule has 0 saturated carbocycles. The van der Waals surface area contributed by atoms with Gasteiger partial charge in [-0.15, -0.1) is 0 Å². The number of nitrogens with zero attached hydrogens (tertiary/aromatic N) is 2. The second kappa shape index (κ2) is 13.6. The van der Waals surface area contributed by atoms with Crippen LogP contribution in [0.5, 0.6) is 0 Å². The van der Waals surface area contributed by atoms with Crippen molar-refractivity contribution in [3.63, 3.8) is 0 Å². The van der Waals surface area contributed by atoms with Crippen LogP contribution in [-0.4, -0.2) is 46.6 Å². The second-order valence-corrected chi connectivity index (χ2v) is 7.71. The largest absolute Gasteiger partial charge is 0.395 e. The Hall–Kier alpha value is -2.70. The number of carbonyl (C=O) groups is 2. The normalized spacial score (nSPS) is 11.7. The Labute approximate surface area is 185 Å². The Morgan fingerprint density at radius 1 is 0.935 bits per heavy atom. The van der Waals surface area contributed by atoms with Gasteiger partial charge in [-0.2, -0.15) is 0 Å². The van der Waals surface area contributed by atoms with E-state index in [1.165, 1.54) is 5.06 Å². The third kappa shape index (κ3) is 8.90. The lowest BCUT2D eigenvalue weighted by Crippen LogP contribution is -2.34. The van der Waals surface area contributed by atoms with Crippen LogP contribution in [0.2, 0.25) is 0 Å². The summed E-state index contributed by atoms with van der Waals surface area (Å²) in [5.41, 5.74) is 2.04. The van der Waals surface area contributed by atoms with E-state index in [0.29, 0.717) is 45.5 Å². The maximum atomic E-state index is 12.7. The van der Waals surface area contributed by atoms with Gasteiger partial charge in [-0.05, 0) is 30.4 Å². The number of carbonyl (C=O) groups excluding carboxylic acids is 2. The minimum Gasteiger partial charge on any atom is -0.395 e.